The number of halogens is 1. The second-order valence-electron chi connectivity index (χ2n) is 6.66. The van der Waals surface area contributed by atoms with Crippen molar-refractivity contribution in [1.29, 1.82) is 0 Å². The molecule has 2 aromatic carbocycles. The number of benzene rings is 2. The molecule has 6 nitrogen and oxygen atoms in total. The van der Waals surface area contributed by atoms with Crippen molar-refractivity contribution >= 4 is 22.6 Å². The summed E-state index contributed by atoms with van der Waals surface area (Å²) in [5.41, 5.74) is 3.54. The minimum Gasteiger partial charge on any atom is -0.490 e. The van der Waals surface area contributed by atoms with Gasteiger partial charge in [0.05, 0.1) is 23.5 Å². The van der Waals surface area contributed by atoms with Crippen molar-refractivity contribution in [2.45, 2.75) is 20.4 Å². The summed E-state index contributed by atoms with van der Waals surface area (Å²) >= 11 is 6.08. The molecule has 2 heterocycles. The third-order valence-corrected chi connectivity index (χ3v) is 4.74. The van der Waals surface area contributed by atoms with Crippen molar-refractivity contribution < 1.29 is 4.74 Å². The average molecular weight is 395 g/mol. The van der Waals surface area contributed by atoms with E-state index in [4.69, 9.17) is 16.3 Å². The smallest absolute Gasteiger partial charge is 0.264 e. The molecule has 0 fully saturated rings. The standard InChI is InChI=1S/C21H19ClN4O2/c1-14-9-15(2)11-16(10-14)26-20-17(12-24-26)21(27)25(13-23-20)7-8-28-19-6-4-3-5-18(19)22/h3-6,9-13H,7-8H2,1-2H3. The molecule has 0 saturated carbocycles. The van der Waals surface area contributed by atoms with Gasteiger partial charge in [0.1, 0.15) is 24.1 Å². The normalized spacial score (nSPS) is 11.1. The third kappa shape index (κ3) is 3.51. The summed E-state index contributed by atoms with van der Waals surface area (Å²) in [7, 11) is 0. The fourth-order valence-corrected chi connectivity index (χ4v) is 3.38. The quantitative estimate of drug-likeness (QED) is 0.514. The molecule has 0 atom stereocenters. The van der Waals surface area contributed by atoms with E-state index in [1.54, 1.807) is 23.0 Å². The predicted octanol–water partition coefficient (Wildman–Crippen LogP) is 3.93. The number of para-hydroxylation sites is 1. The van der Waals surface area contributed by atoms with Crippen molar-refractivity contribution in [2.75, 3.05) is 6.61 Å². The van der Waals surface area contributed by atoms with Crippen LogP contribution in [0.15, 0.2) is 59.8 Å². The molecule has 0 N–H and O–H groups in total. The lowest BCUT2D eigenvalue weighted by Gasteiger charge is -2.10. The van der Waals surface area contributed by atoms with Crippen LogP contribution in [0.4, 0.5) is 0 Å². The van der Waals surface area contributed by atoms with E-state index in [0.717, 1.165) is 16.8 Å². The zero-order chi connectivity index (χ0) is 19.7. The number of aryl methyl sites for hydroxylation is 2. The van der Waals surface area contributed by atoms with Gasteiger partial charge in [0.2, 0.25) is 0 Å². The Kier molecular flexibility index (Phi) is 4.88. The Balaban J connectivity index is 1.60. The average Bonchev–Trinajstić information content (AvgIpc) is 3.09. The Labute approximate surface area is 167 Å². The number of hydrogen-bond acceptors (Lipinski definition) is 4. The number of ether oxygens (including phenoxy) is 1. The zero-order valence-electron chi connectivity index (χ0n) is 15.6. The molecule has 4 aromatic rings. The van der Waals surface area contributed by atoms with Gasteiger partial charge in [-0.25, -0.2) is 9.67 Å². The second kappa shape index (κ2) is 7.48. The van der Waals surface area contributed by atoms with Crippen molar-refractivity contribution in [3.63, 3.8) is 0 Å². The topological polar surface area (TPSA) is 61.9 Å². The number of rotatable bonds is 5. The molecule has 0 bridgehead atoms. The summed E-state index contributed by atoms with van der Waals surface area (Å²) in [6, 6.07) is 13.4. The maximum Gasteiger partial charge on any atom is 0.264 e. The molecule has 0 aliphatic rings. The summed E-state index contributed by atoms with van der Waals surface area (Å²) in [5.74, 6) is 0.592. The molecule has 0 radical (unpaired) electrons. The fourth-order valence-electron chi connectivity index (χ4n) is 3.19. The van der Waals surface area contributed by atoms with Crippen LogP contribution in [-0.2, 0) is 6.54 Å². The highest BCUT2D eigenvalue weighted by molar-refractivity contribution is 6.32. The van der Waals surface area contributed by atoms with Gasteiger partial charge in [-0.1, -0.05) is 29.8 Å². The maximum absolute atomic E-state index is 12.8. The highest BCUT2D eigenvalue weighted by Gasteiger charge is 2.12. The van der Waals surface area contributed by atoms with Gasteiger partial charge in [-0.3, -0.25) is 9.36 Å². The minimum absolute atomic E-state index is 0.150. The summed E-state index contributed by atoms with van der Waals surface area (Å²) < 4.78 is 8.88. The molecule has 0 aliphatic carbocycles. The molecule has 28 heavy (non-hydrogen) atoms. The highest BCUT2D eigenvalue weighted by atomic mass is 35.5. The van der Waals surface area contributed by atoms with Gasteiger partial charge in [-0.15, -0.1) is 0 Å². The van der Waals surface area contributed by atoms with Crippen LogP contribution in [0, 0.1) is 13.8 Å². The van der Waals surface area contributed by atoms with E-state index in [1.807, 2.05) is 38.1 Å². The van der Waals surface area contributed by atoms with Crippen molar-refractivity contribution in [2.24, 2.45) is 0 Å². The van der Waals surface area contributed by atoms with Crippen LogP contribution in [0.1, 0.15) is 11.1 Å². The van der Waals surface area contributed by atoms with Gasteiger partial charge >= 0.3 is 0 Å². The van der Waals surface area contributed by atoms with E-state index >= 15 is 0 Å². The lowest BCUT2D eigenvalue weighted by Crippen LogP contribution is -2.23. The molecule has 142 valence electrons. The molecular weight excluding hydrogens is 376 g/mol. The number of fused-ring (bicyclic) bond motifs is 1. The summed E-state index contributed by atoms with van der Waals surface area (Å²) in [6.07, 6.45) is 3.09. The highest BCUT2D eigenvalue weighted by Crippen LogP contribution is 2.23. The van der Waals surface area contributed by atoms with Gasteiger partial charge in [0.25, 0.3) is 5.56 Å². The van der Waals surface area contributed by atoms with E-state index in [2.05, 4.69) is 16.1 Å². The monoisotopic (exact) mass is 394 g/mol. The Morgan fingerprint density at radius 3 is 2.61 bits per heavy atom. The van der Waals surface area contributed by atoms with Crippen LogP contribution in [0.5, 0.6) is 5.75 Å². The zero-order valence-corrected chi connectivity index (χ0v) is 16.3. The lowest BCUT2D eigenvalue weighted by molar-refractivity contribution is 0.296. The SMILES string of the molecule is Cc1cc(C)cc(-n2ncc3c(=O)n(CCOc4ccccc4Cl)cnc32)c1. The molecule has 0 amide bonds. The van der Waals surface area contributed by atoms with Crippen LogP contribution in [0.3, 0.4) is 0 Å². The molecule has 2 aromatic heterocycles. The number of hydrogen-bond donors (Lipinski definition) is 0. The van der Waals surface area contributed by atoms with Crippen LogP contribution in [0.25, 0.3) is 16.7 Å². The van der Waals surface area contributed by atoms with E-state index in [0.29, 0.717) is 35.0 Å². The fraction of sp³-hybridized carbons (Fsp3) is 0.190. The summed E-state index contributed by atoms with van der Waals surface area (Å²) in [5, 5.41) is 5.39. The molecule has 0 saturated heterocycles. The van der Waals surface area contributed by atoms with Gasteiger partial charge < -0.3 is 4.74 Å². The lowest BCUT2D eigenvalue weighted by atomic mass is 10.1. The van der Waals surface area contributed by atoms with Crippen molar-refractivity contribution in [3.05, 3.63) is 81.5 Å². The van der Waals surface area contributed by atoms with E-state index in [-0.39, 0.29) is 5.56 Å². The molecule has 4 rings (SSSR count). The van der Waals surface area contributed by atoms with Gasteiger partial charge in [-0.05, 0) is 49.2 Å². The molecule has 0 aliphatic heterocycles. The van der Waals surface area contributed by atoms with Crippen LogP contribution >= 0.6 is 11.6 Å². The predicted molar refractivity (Wildman–Crippen MR) is 110 cm³/mol. The Morgan fingerprint density at radius 1 is 1.11 bits per heavy atom. The first-order valence-electron chi connectivity index (χ1n) is 8.92. The summed E-state index contributed by atoms with van der Waals surface area (Å²) in [6.45, 7) is 4.73. The van der Waals surface area contributed by atoms with Crippen LogP contribution < -0.4 is 10.3 Å². The first kappa shape index (κ1) is 18.3. The first-order valence-corrected chi connectivity index (χ1v) is 9.30. The van der Waals surface area contributed by atoms with Crippen molar-refractivity contribution in [3.8, 4) is 11.4 Å². The molecule has 0 spiro atoms. The first-order chi connectivity index (χ1) is 13.5. The molecule has 0 unspecified atom stereocenters. The van der Waals surface area contributed by atoms with Gasteiger partial charge in [0, 0.05) is 0 Å². The minimum atomic E-state index is -0.150. The second-order valence-corrected chi connectivity index (χ2v) is 7.07. The van der Waals surface area contributed by atoms with Crippen LogP contribution in [0.2, 0.25) is 5.02 Å². The maximum atomic E-state index is 12.8. The summed E-state index contributed by atoms with van der Waals surface area (Å²) in [4.78, 5) is 17.3. The largest absolute Gasteiger partial charge is 0.490 e. The number of aromatic nitrogens is 4. The third-order valence-electron chi connectivity index (χ3n) is 4.43. The van der Waals surface area contributed by atoms with Crippen LogP contribution in [-0.4, -0.2) is 25.9 Å². The van der Waals surface area contributed by atoms with E-state index < -0.39 is 0 Å². The van der Waals surface area contributed by atoms with E-state index in [1.165, 1.54) is 10.9 Å². The molecule has 7 heteroatoms. The Hall–Kier alpha value is -3.12. The Morgan fingerprint density at radius 2 is 1.86 bits per heavy atom. The Bertz CT molecular complexity index is 1190. The molecular formula is C21H19ClN4O2. The number of nitrogens with zero attached hydrogens (tertiary/aromatic N) is 4. The van der Waals surface area contributed by atoms with Crippen molar-refractivity contribution in [1.82, 2.24) is 19.3 Å². The van der Waals surface area contributed by atoms with E-state index in [9.17, 15) is 4.79 Å². The van der Waals surface area contributed by atoms with Gasteiger partial charge in [-0.2, -0.15) is 5.10 Å². The van der Waals surface area contributed by atoms with Gasteiger partial charge in [0.15, 0.2) is 5.65 Å².